The molecule has 0 radical (unpaired) electrons. The number of halogens is 3. The molecule has 19 heavy (non-hydrogen) atoms. The van der Waals surface area contributed by atoms with Crippen molar-refractivity contribution in [2.75, 3.05) is 0 Å². The van der Waals surface area contributed by atoms with Crippen LogP contribution in [0.4, 0.5) is 13.2 Å². The Balaban J connectivity index is 2.22. The van der Waals surface area contributed by atoms with Gasteiger partial charge in [-0.15, -0.1) is 13.2 Å². The molecule has 1 aliphatic rings. The van der Waals surface area contributed by atoms with E-state index in [1.165, 1.54) is 12.1 Å². The van der Waals surface area contributed by atoms with Crippen LogP contribution >= 0.6 is 0 Å². The van der Waals surface area contributed by atoms with Gasteiger partial charge in [0, 0.05) is 6.04 Å². The van der Waals surface area contributed by atoms with E-state index in [0.29, 0.717) is 0 Å². The van der Waals surface area contributed by atoms with Crippen molar-refractivity contribution >= 4 is 5.57 Å². The van der Waals surface area contributed by atoms with Crippen molar-refractivity contribution < 1.29 is 17.9 Å². The van der Waals surface area contributed by atoms with Crippen LogP contribution in [0, 0.1) is 0 Å². The highest BCUT2D eigenvalue weighted by atomic mass is 19.4. The third-order valence-corrected chi connectivity index (χ3v) is 3.09. The smallest absolute Gasteiger partial charge is 0.406 e. The van der Waals surface area contributed by atoms with Crippen molar-refractivity contribution in [1.29, 1.82) is 0 Å². The summed E-state index contributed by atoms with van der Waals surface area (Å²) in [5.41, 5.74) is 7.66. The Morgan fingerprint density at radius 1 is 1.21 bits per heavy atom. The molecule has 0 amide bonds. The Hall–Kier alpha value is -1.49. The van der Waals surface area contributed by atoms with Crippen LogP contribution in [0.2, 0.25) is 0 Å². The molecule has 5 heteroatoms. The Morgan fingerprint density at radius 2 is 2.00 bits per heavy atom. The van der Waals surface area contributed by atoms with Gasteiger partial charge in [0.2, 0.25) is 0 Å². The minimum atomic E-state index is -4.66. The van der Waals surface area contributed by atoms with Crippen molar-refractivity contribution in [2.45, 2.75) is 38.1 Å². The van der Waals surface area contributed by atoms with Crippen LogP contribution in [0.25, 0.3) is 5.57 Å². The van der Waals surface area contributed by atoms with Crippen molar-refractivity contribution in [3.63, 3.8) is 0 Å². The van der Waals surface area contributed by atoms with E-state index in [-0.39, 0.29) is 11.8 Å². The first-order valence-electron chi connectivity index (χ1n) is 6.26. The van der Waals surface area contributed by atoms with Crippen molar-refractivity contribution in [2.24, 2.45) is 5.73 Å². The maximum Gasteiger partial charge on any atom is 0.573 e. The quantitative estimate of drug-likeness (QED) is 0.886. The van der Waals surface area contributed by atoms with E-state index < -0.39 is 6.36 Å². The molecule has 2 rings (SSSR count). The predicted octanol–water partition coefficient (Wildman–Crippen LogP) is 3.87. The molecule has 1 aliphatic carbocycles. The van der Waals surface area contributed by atoms with Crippen LogP contribution in [-0.4, -0.2) is 12.4 Å². The maximum absolute atomic E-state index is 12.2. The average molecular weight is 271 g/mol. The standard InChI is InChI=1S/C14H16F3NO/c15-14(16,17)19-13-7-3-5-11(9-13)10-4-1-2-6-12(18)8-10/h3,5,7-9,12H,1-2,4,6,18H2. The summed E-state index contributed by atoms with van der Waals surface area (Å²) in [4.78, 5) is 0. The zero-order valence-corrected chi connectivity index (χ0v) is 10.4. The van der Waals surface area contributed by atoms with Crippen molar-refractivity contribution in [3.8, 4) is 5.75 Å². The molecule has 2 N–H and O–H groups in total. The molecule has 0 saturated carbocycles. The molecule has 0 saturated heterocycles. The fraction of sp³-hybridized carbons (Fsp3) is 0.429. The number of hydrogen-bond acceptors (Lipinski definition) is 2. The lowest BCUT2D eigenvalue weighted by atomic mass is 10.0. The van der Waals surface area contributed by atoms with Crippen LogP contribution in [0.15, 0.2) is 30.3 Å². The van der Waals surface area contributed by atoms with Gasteiger partial charge in [-0.2, -0.15) is 0 Å². The molecule has 104 valence electrons. The molecule has 1 unspecified atom stereocenters. The largest absolute Gasteiger partial charge is 0.573 e. The number of nitrogens with two attached hydrogens (primary N) is 1. The van der Waals surface area contributed by atoms with Gasteiger partial charge in [0.15, 0.2) is 0 Å². The fourth-order valence-corrected chi connectivity index (χ4v) is 2.25. The van der Waals surface area contributed by atoms with Gasteiger partial charge in [-0.3, -0.25) is 0 Å². The van der Waals surface area contributed by atoms with Crippen LogP contribution in [0.3, 0.4) is 0 Å². The highest BCUT2D eigenvalue weighted by Gasteiger charge is 2.31. The number of benzene rings is 1. The van der Waals surface area contributed by atoms with Gasteiger partial charge in [-0.05, 0) is 42.5 Å². The molecule has 1 aromatic carbocycles. The lowest BCUT2D eigenvalue weighted by Gasteiger charge is -2.12. The molecule has 0 aliphatic heterocycles. The summed E-state index contributed by atoms with van der Waals surface area (Å²) in [6, 6.07) is 6.04. The van der Waals surface area contributed by atoms with Crippen LogP contribution in [0.5, 0.6) is 5.75 Å². The minimum Gasteiger partial charge on any atom is -0.406 e. The molecule has 1 atom stereocenters. The second-order valence-corrected chi connectivity index (χ2v) is 4.68. The number of alkyl halides is 3. The summed E-state index contributed by atoms with van der Waals surface area (Å²) in [7, 11) is 0. The fourth-order valence-electron chi connectivity index (χ4n) is 2.25. The van der Waals surface area contributed by atoms with E-state index in [9.17, 15) is 13.2 Å². The van der Waals surface area contributed by atoms with Gasteiger partial charge in [0.1, 0.15) is 5.75 Å². The number of allylic oxidation sites excluding steroid dienone is 1. The summed E-state index contributed by atoms with van der Waals surface area (Å²) in [5.74, 6) is -0.191. The first-order valence-corrected chi connectivity index (χ1v) is 6.26. The first-order chi connectivity index (χ1) is 8.94. The van der Waals surface area contributed by atoms with Gasteiger partial charge in [0.05, 0.1) is 0 Å². The molecule has 0 spiro atoms. The number of ether oxygens (including phenoxy) is 1. The highest BCUT2D eigenvalue weighted by molar-refractivity contribution is 5.67. The van der Waals surface area contributed by atoms with Gasteiger partial charge in [-0.1, -0.05) is 24.6 Å². The molecule has 1 aromatic rings. The van der Waals surface area contributed by atoms with E-state index in [4.69, 9.17) is 5.73 Å². The van der Waals surface area contributed by atoms with Crippen LogP contribution < -0.4 is 10.5 Å². The zero-order valence-electron chi connectivity index (χ0n) is 10.4. The van der Waals surface area contributed by atoms with Gasteiger partial charge in [-0.25, -0.2) is 0 Å². The Bertz CT molecular complexity index is 468. The summed E-state index contributed by atoms with van der Waals surface area (Å²) >= 11 is 0. The first kappa shape index (κ1) is 13.9. The average Bonchev–Trinajstić information content (AvgIpc) is 2.52. The summed E-state index contributed by atoms with van der Waals surface area (Å²) in [5, 5.41) is 0. The van der Waals surface area contributed by atoms with E-state index in [0.717, 1.165) is 36.8 Å². The van der Waals surface area contributed by atoms with Gasteiger partial charge >= 0.3 is 6.36 Å². The van der Waals surface area contributed by atoms with E-state index >= 15 is 0 Å². The second-order valence-electron chi connectivity index (χ2n) is 4.68. The van der Waals surface area contributed by atoms with Crippen LogP contribution in [-0.2, 0) is 0 Å². The van der Waals surface area contributed by atoms with E-state index in [1.54, 1.807) is 12.1 Å². The van der Waals surface area contributed by atoms with E-state index in [1.807, 2.05) is 6.08 Å². The number of rotatable bonds is 2. The monoisotopic (exact) mass is 271 g/mol. The summed E-state index contributed by atoms with van der Waals surface area (Å²) < 4.78 is 40.5. The Labute approximate surface area is 110 Å². The highest BCUT2D eigenvalue weighted by Crippen LogP contribution is 2.30. The number of hydrogen-bond donors (Lipinski definition) is 1. The van der Waals surface area contributed by atoms with Crippen molar-refractivity contribution in [3.05, 3.63) is 35.9 Å². The molecular weight excluding hydrogens is 255 g/mol. The molecule has 0 aromatic heterocycles. The summed E-state index contributed by atoms with van der Waals surface area (Å²) in [6.07, 6.45) is 1.09. The SMILES string of the molecule is NC1C=C(c2cccc(OC(F)(F)F)c2)CCCC1. The maximum atomic E-state index is 12.2. The lowest BCUT2D eigenvalue weighted by molar-refractivity contribution is -0.274. The molecule has 0 heterocycles. The van der Waals surface area contributed by atoms with Gasteiger partial charge < -0.3 is 10.5 Å². The Morgan fingerprint density at radius 3 is 2.74 bits per heavy atom. The topological polar surface area (TPSA) is 35.2 Å². The minimum absolute atomic E-state index is 0.0234. The third-order valence-electron chi connectivity index (χ3n) is 3.09. The lowest BCUT2D eigenvalue weighted by Crippen LogP contribution is -2.17. The summed E-state index contributed by atoms with van der Waals surface area (Å²) in [6.45, 7) is 0. The van der Waals surface area contributed by atoms with Gasteiger partial charge in [0.25, 0.3) is 0 Å². The predicted molar refractivity (Wildman–Crippen MR) is 67.5 cm³/mol. The molecular formula is C14H16F3NO. The molecule has 0 fully saturated rings. The normalized spacial score (nSPS) is 20.6. The molecule has 2 nitrogen and oxygen atoms in total. The zero-order chi connectivity index (χ0) is 13.9. The Kier molecular flexibility index (Phi) is 4.14. The molecule has 0 bridgehead atoms. The second kappa shape index (κ2) is 5.65. The third kappa shape index (κ3) is 4.28. The van der Waals surface area contributed by atoms with Crippen LogP contribution in [0.1, 0.15) is 31.2 Å². The van der Waals surface area contributed by atoms with E-state index in [2.05, 4.69) is 4.74 Å². The van der Waals surface area contributed by atoms with Crippen molar-refractivity contribution in [1.82, 2.24) is 0 Å².